The first kappa shape index (κ1) is 26.9. The molecule has 0 aliphatic heterocycles. The molecule has 0 aromatic heterocycles. The second-order valence-electron chi connectivity index (χ2n) is 9.39. The fourth-order valence-electron chi connectivity index (χ4n) is 3.86. The molecule has 1 aromatic carbocycles. The lowest BCUT2D eigenvalue weighted by molar-refractivity contribution is -0.147. The zero-order chi connectivity index (χ0) is 24.4. The second kappa shape index (κ2) is 12.8. The third kappa shape index (κ3) is 9.19. The molecular weight excluding hydrogens is 426 g/mol. The predicted octanol–water partition coefficient (Wildman–Crippen LogP) is 2.45. The summed E-state index contributed by atoms with van der Waals surface area (Å²) in [4.78, 5) is 25.2. The standard InChI is InChI=1S/C24H39N3O6/c1-24(2,3)33-23(30)27-20(9-6-14-25)21(28)26-19-8-5-7-18(19)22(29)32-15-16-10-12-17(31-4)13-11-16/h10-13,18-20,22,29H,5-9,14-15,25H2,1-4H3,(H,26,28)(H,27,30)/t18-,19?,20+,22?/m1/s1. The number of amides is 2. The number of aliphatic hydroxyl groups is 1. The minimum absolute atomic E-state index is 0.233. The Morgan fingerprint density at radius 3 is 2.52 bits per heavy atom. The molecule has 33 heavy (non-hydrogen) atoms. The van der Waals surface area contributed by atoms with Crippen LogP contribution >= 0.6 is 0 Å². The van der Waals surface area contributed by atoms with Gasteiger partial charge in [0.25, 0.3) is 0 Å². The van der Waals surface area contributed by atoms with E-state index in [2.05, 4.69) is 10.6 Å². The van der Waals surface area contributed by atoms with Gasteiger partial charge in [0, 0.05) is 12.0 Å². The van der Waals surface area contributed by atoms with Crippen LogP contribution in [-0.2, 0) is 20.9 Å². The van der Waals surface area contributed by atoms with Crippen LogP contribution in [0.5, 0.6) is 5.75 Å². The Hall–Kier alpha value is -2.36. The molecule has 0 radical (unpaired) electrons. The smallest absolute Gasteiger partial charge is 0.408 e. The van der Waals surface area contributed by atoms with E-state index >= 15 is 0 Å². The van der Waals surface area contributed by atoms with Gasteiger partial charge in [-0.25, -0.2) is 4.79 Å². The fraction of sp³-hybridized carbons (Fsp3) is 0.667. The van der Waals surface area contributed by atoms with Crippen molar-refractivity contribution < 1.29 is 28.9 Å². The Bertz CT molecular complexity index is 750. The SMILES string of the molecule is COc1ccc(COC(O)[C@@H]2CCCC2NC(=O)[C@H](CCCN)NC(=O)OC(C)(C)C)cc1. The molecular formula is C24H39N3O6. The summed E-state index contributed by atoms with van der Waals surface area (Å²) in [5.74, 6) is 0.208. The summed E-state index contributed by atoms with van der Waals surface area (Å²) in [6.07, 6.45) is 1.65. The molecule has 1 aromatic rings. The van der Waals surface area contributed by atoms with Crippen LogP contribution in [0.4, 0.5) is 4.79 Å². The van der Waals surface area contributed by atoms with Crippen molar-refractivity contribution in [3.63, 3.8) is 0 Å². The van der Waals surface area contributed by atoms with Crippen LogP contribution in [0.15, 0.2) is 24.3 Å². The lowest BCUT2D eigenvalue weighted by Crippen LogP contribution is -2.52. The Morgan fingerprint density at radius 2 is 1.91 bits per heavy atom. The molecule has 1 fully saturated rings. The van der Waals surface area contributed by atoms with Crippen molar-refractivity contribution in [2.24, 2.45) is 11.7 Å². The minimum atomic E-state index is -1.01. The topological polar surface area (TPSA) is 132 Å². The number of ether oxygens (including phenoxy) is 3. The number of alkyl carbamates (subject to hydrolysis) is 1. The van der Waals surface area contributed by atoms with Crippen molar-refractivity contribution >= 4 is 12.0 Å². The molecule has 0 bridgehead atoms. The van der Waals surface area contributed by atoms with Crippen molar-refractivity contribution in [3.05, 3.63) is 29.8 Å². The van der Waals surface area contributed by atoms with Crippen LogP contribution in [0.2, 0.25) is 0 Å². The lowest BCUT2D eigenvalue weighted by Gasteiger charge is -2.28. The van der Waals surface area contributed by atoms with Crippen molar-refractivity contribution in [2.75, 3.05) is 13.7 Å². The van der Waals surface area contributed by atoms with Gasteiger partial charge in [0.1, 0.15) is 17.4 Å². The van der Waals surface area contributed by atoms with Gasteiger partial charge in [-0.1, -0.05) is 18.6 Å². The lowest BCUT2D eigenvalue weighted by atomic mass is 10.0. The van der Waals surface area contributed by atoms with E-state index < -0.39 is 24.0 Å². The number of aliphatic hydroxyl groups excluding tert-OH is 1. The fourth-order valence-corrected chi connectivity index (χ4v) is 3.86. The summed E-state index contributed by atoms with van der Waals surface area (Å²) in [5, 5.41) is 16.3. The third-order valence-electron chi connectivity index (χ3n) is 5.55. The van der Waals surface area contributed by atoms with Crippen molar-refractivity contribution in [2.45, 2.75) is 83.5 Å². The van der Waals surface area contributed by atoms with Crippen molar-refractivity contribution in [3.8, 4) is 5.75 Å². The maximum absolute atomic E-state index is 13.0. The van der Waals surface area contributed by atoms with Gasteiger partial charge in [-0.15, -0.1) is 0 Å². The first-order chi connectivity index (χ1) is 15.6. The molecule has 0 spiro atoms. The number of benzene rings is 1. The summed E-state index contributed by atoms with van der Waals surface area (Å²) in [6, 6.07) is 6.42. The zero-order valence-electron chi connectivity index (χ0n) is 20.1. The molecule has 2 unspecified atom stereocenters. The van der Waals surface area contributed by atoms with Crippen LogP contribution < -0.4 is 21.1 Å². The minimum Gasteiger partial charge on any atom is -0.497 e. The summed E-state index contributed by atoms with van der Waals surface area (Å²) >= 11 is 0. The van der Waals surface area contributed by atoms with Gasteiger partial charge in [0.15, 0.2) is 6.29 Å². The van der Waals surface area contributed by atoms with Gasteiger partial charge < -0.3 is 35.7 Å². The Labute approximate surface area is 196 Å². The van der Waals surface area contributed by atoms with Crippen LogP contribution in [0.3, 0.4) is 0 Å². The largest absolute Gasteiger partial charge is 0.497 e. The molecule has 5 N–H and O–H groups in total. The number of hydrogen-bond donors (Lipinski definition) is 4. The van der Waals surface area contributed by atoms with E-state index in [0.29, 0.717) is 19.4 Å². The average molecular weight is 466 g/mol. The van der Waals surface area contributed by atoms with Crippen LogP contribution in [0.1, 0.15) is 58.4 Å². The van der Waals surface area contributed by atoms with E-state index in [1.807, 2.05) is 24.3 Å². The highest BCUT2D eigenvalue weighted by Gasteiger charge is 2.36. The van der Waals surface area contributed by atoms with Crippen molar-refractivity contribution in [1.29, 1.82) is 0 Å². The molecule has 2 amide bonds. The highest BCUT2D eigenvalue weighted by atomic mass is 16.6. The average Bonchev–Trinajstić information content (AvgIpc) is 3.22. The number of methoxy groups -OCH3 is 1. The molecule has 4 atom stereocenters. The van der Waals surface area contributed by atoms with E-state index in [4.69, 9.17) is 19.9 Å². The summed E-state index contributed by atoms with van der Waals surface area (Å²) in [6.45, 7) is 5.94. The first-order valence-electron chi connectivity index (χ1n) is 11.6. The summed E-state index contributed by atoms with van der Waals surface area (Å²) in [7, 11) is 1.60. The number of rotatable bonds is 11. The number of hydrogen-bond acceptors (Lipinski definition) is 7. The Kier molecular flexibility index (Phi) is 10.4. The number of nitrogens with one attached hydrogen (secondary N) is 2. The summed E-state index contributed by atoms with van der Waals surface area (Å²) < 4.78 is 16.1. The molecule has 9 nitrogen and oxygen atoms in total. The van der Waals surface area contributed by atoms with Crippen LogP contribution in [-0.4, -0.2) is 54.7 Å². The maximum atomic E-state index is 13.0. The van der Waals surface area contributed by atoms with Crippen LogP contribution in [0, 0.1) is 5.92 Å². The maximum Gasteiger partial charge on any atom is 0.408 e. The molecule has 9 heteroatoms. The predicted molar refractivity (Wildman–Crippen MR) is 125 cm³/mol. The molecule has 0 heterocycles. The highest BCUT2D eigenvalue weighted by Crippen LogP contribution is 2.30. The van der Waals surface area contributed by atoms with E-state index in [1.54, 1.807) is 27.9 Å². The van der Waals surface area contributed by atoms with Gasteiger partial charge in [-0.05, 0) is 70.7 Å². The van der Waals surface area contributed by atoms with Gasteiger partial charge in [0.2, 0.25) is 5.91 Å². The quantitative estimate of drug-likeness (QED) is 0.369. The summed E-state index contributed by atoms with van der Waals surface area (Å²) in [5.41, 5.74) is 5.85. The number of carbonyl (C=O) groups excluding carboxylic acids is 2. The molecule has 186 valence electrons. The Balaban J connectivity index is 1.92. The normalized spacial score (nSPS) is 20.1. The van der Waals surface area contributed by atoms with Gasteiger partial charge in [-0.3, -0.25) is 4.79 Å². The number of nitrogens with two attached hydrogens (primary N) is 1. The van der Waals surface area contributed by atoms with Gasteiger partial charge in [-0.2, -0.15) is 0 Å². The van der Waals surface area contributed by atoms with E-state index in [9.17, 15) is 14.7 Å². The molecule has 1 saturated carbocycles. The molecule has 1 aliphatic rings. The first-order valence-corrected chi connectivity index (χ1v) is 11.6. The molecule has 1 aliphatic carbocycles. The highest BCUT2D eigenvalue weighted by molar-refractivity contribution is 5.85. The van der Waals surface area contributed by atoms with E-state index in [-0.39, 0.29) is 24.5 Å². The van der Waals surface area contributed by atoms with Gasteiger partial charge >= 0.3 is 6.09 Å². The van der Waals surface area contributed by atoms with E-state index in [1.165, 1.54) is 0 Å². The Morgan fingerprint density at radius 1 is 1.21 bits per heavy atom. The van der Waals surface area contributed by atoms with E-state index in [0.717, 1.165) is 30.6 Å². The second-order valence-corrected chi connectivity index (χ2v) is 9.39. The van der Waals surface area contributed by atoms with Crippen molar-refractivity contribution in [1.82, 2.24) is 10.6 Å². The third-order valence-corrected chi connectivity index (χ3v) is 5.55. The molecule has 2 rings (SSSR count). The van der Waals surface area contributed by atoms with Gasteiger partial charge in [0.05, 0.1) is 13.7 Å². The number of carbonyl (C=O) groups is 2. The van der Waals surface area contributed by atoms with Crippen LogP contribution in [0.25, 0.3) is 0 Å². The zero-order valence-corrected chi connectivity index (χ0v) is 20.1. The molecule has 0 saturated heterocycles. The monoisotopic (exact) mass is 465 g/mol.